The Hall–Kier alpha value is -5.10. The van der Waals surface area contributed by atoms with Gasteiger partial charge in [0.15, 0.2) is 44.7 Å². The Balaban J connectivity index is 1.62. The third kappa shape index (κ3) is 2.21. The third-order valence-electron chi connectivity index (χ3n) is 6.99. The zero-order valence-corrected chi connectivity index (χ0v) is 18.8. The first-order valence-electron chi connectivity index (χ1n) is 11.8. The van der Waals surface area contributed by atoms with Gasteiger partial charge in [-0.15, -0.1) is 0 Å². The van der Waals surface area contributed by atoms with Crippen LogP contribution in [0.25, 0.3) is 77.8 Å². The molecular weight excluding hydrogens is 452 g/mol. The number of benzene rings is 5. The van der Waals surface area contributed by atoms with Gasteiger partial charge in [0.1, 0.15) is 11.0 Å². The van der Waals surface area contributed by atoms with Gasteiger partial charge in [-0.05, 0) is 54.6 Å². The molecule has 5 aromatic carbocycles. The molecule has 0 radical (unpaired) electrons. The zero-order chi connectivity index (χ0) is 23.4. The van der Waals surface area contributed by atoms with Crippen molar-refractivity contribution in [2.75, 3.05) is 0 Å². The van der Waals surface area contributed by atoms with E-state index in [1.807, 2.05) is 78.9 Å². The molecule has 0 N–H and O–H groups in total. The standard InChI is InChI=1S/C30H16N2O4/c1-3-9-21-17(7-1)31-19-15-20-28(16-27(19)35-25-13-5-11-23(33-21)29(25)31)36-26-14-6-12-24-30(26)32(20)18-8-2-4-10-22(18)34-24/h1-16H. The predicted molar refractivity (Wildman–Crippen MR) is 140 cm³/mol. The Kier molecular flexibility index (Phi) is 3.20. The zero-order valence-electron chi connectivity index (χ0n) is 18.8. The second-order valence-corrected chi connectivity index (χ2v) is 9.01. The van der Waals surface area contributed by atoms with E-state index in [4.69, 9.17) is 17.7 Å². The summed E-state index contributed by atoms with van der Waals surface area (Å²) in [5.41, 5.74) is 11.6. The minimum absolute atomic E-state index is 0.719. The number of nitrogens with zero attached hydrogens (tertiary/aromatic N) is 2. The van der Waals surface area contributed by atoms with E-state index in [1.54, 1.807) is 0 Å². The summed E-state index contributed by atoms with van der Waals surface area (Å²) in [6, 6.07) is 32.0. The molecule has 0 fully saturated rings. The monoisotopic (exact) mass is 468 g/mol. The summed E-state index contributed by atoms with van der Waals surface area (Å²) < 4.78 is 29.8. The number of hydrogen-bond donors (Lipinski definition) is 0. The van der Waals surface area contributed by atoms with Gasteiger partial charge in [0, 0.05) is 6.07 Å². The lowest BCUT2D eigenvalue weighted by molar-refractivity contribution is 0.628. The Bertz CT molecular complexity index is 2220. The average Bonchev–Trinajstić information content (AvgIpc) is 2.92. The minimum Gasteiger partial charge on any atom is -0.453 e. The van der Waals surface area contributed by atoms with Gasteiger partial charge in [0.2, 0.25) is 0 Å². The molecule has 6 heteroatoms. The SMILES string of the molecule is c1ccc2c(c1)oc1cccc3oc4cc5oc6cccc7oc8ccccc8n(c5cc4n2c13)c76. The highest BCUT2D eigenvalue weighted by molar-refractivity contribution is 6.04. The molecule has 0 spiro atoms. The molecule has 0 bridgehead atoms. The van der Waals surface area contributed by atoms with Crippen molar-refractivity contribution in [3.05, 3.63) is 97.1 Å². The quantitative estimate of drug-likeness (QED) is 0.165. The van der Waals surface area contributed by atoms with Crippen LogP contribution in [0.15, 0.2) is 115 Å². The molecule has 4 aromatic heterocycles. The van der Waals surface area contributed by atoms with Crippen molar-refractivity contribution in [3.63, 3.8) is 0 Å². The molecule has 9 rings (SSSR count). The minimum atomic E-state index is 0.719. The Morgan fingerprint density at radius 1 is 0.333 bits per heavy atom. The van der Waals surface area contributed by atoms with Gasteiger partial charge in [-0.2, -0.15) is 0 Å². The number of aromatic nitrogens is 2. The summed E-state index contributed by atoms with van der Waals surface area (Å²) in [6.45, 7) is 0. The highest BCUT2D eigenvalue weighted by Gasteiger charge is 2.18. The number of para-hydroxylation sites is 6. The summed E-state index contributed by atoms with van der Waals surface area (Å²) >= 11 is 0. The van der Waals surface area contributed by atoms with Crippen molar-refractivity contribution in [3.8, 4) is 0 Å². The summed E-state index contributed by atoms with van der Waals surface area (Å²) in [5, 5.41) is 0. The number of hydrogen-bond acceptors (Lipinski definition) is 4. The van der Waals surface area contributed by atoms with Gasteiger partial charge in [0.05, 0.1) is 22.1 Å². The molecule has 0 amide bonds. The second kappa shape index (κ2) is 6.31. The van der Waals surface area contributed by atoms with Crippen LogP contribution < -0.4 is 0 Å². The lowest BCUT2D eigenvalue weighted by Crippen LogP contribution is -1.99. The van der Waals surface area contributed by atoms with Crippen molar-refractivity contribution in [2.45, 2.75) is 0 Å². The van der Waals surface area contributed by atoms with Crippen molar-refractivity contribution in [2.24, 2.45) is 0 Å². The van der Waals surface area contributed by atoms with Crippen LogP contribution in [0.2, 0.25) is 0 Å². The highest BCUT2D eigenvalue weighted by Crippen LogP contribution is 2.36. The largest absolute Gasteiger partial charge is 0.453 e. The highest BCUT2D eigenvalue weighted by atomic mass is 16.4. The first-order chi connectivity index (χ1) is 17.8. The number of rotatable bonds is 0. The van der Waals surface area contributed by atoms with Crippen LogP contribution >= 0.6 is 0 Å². The molecule has 0 atom stereocenters. The normalized spacial score (nSPS) is 12.4. The van der Waals surface area contributed by atoms with E-state index in [-0.39, 0.29) is 0 Å². The van der Waals surface area contributed by atoms with Gasteiger partial charge < -0.3 is 17.7 Å². The first-order valence-corrected chi connectivity index (χ1v) is 11.8. The van der Waals surface area contributed by atoms with Gasteiger partial charge in [-0.3, -0.25) is 8.80 Å². The van der Waals surface area contributed by atoms with Crippen molar-refractivity contribution in [1.29, 1.82) is 0 Å². The molecule has 0 saturated heterocycles. The van der Waals surface area contributed by atoms with E-state index >= 15 is 0 Å². The molecule has 0 aliphatic heterocycles. The van der Waals surface area contributed by atoms with Crippen LogP contribution in [0.1, 0.15) is 0 Å². The van der Waals surface area contributed by atoms with Crippen LogP contribution in [-0.2, 0) is 0 Å². The lowest BCUT2D eigenvalue weighted by Gasteiger charge is -2.16. The third-order valence-corrected chi connectivity index (χ3v) is 6.99. The lowest BCUT2D eigenvalue weighted by atomic mass is 10.2. The van der Waals surface area contributed by atoms with Crippen LogP contribution in [0, 0.1) is 0 Å². The summed E-state index contributed by atoms with van der Waals surface area (Å²) in [7, 11) is 0. The second-order valence-electron chi connectivity index (χ2n) is 9.01. The Morgan fingerprint density at radius 2 is 0.722 bits per heavy atom. The van der Waals surface area contributed by atoms with Crippen LogP contribution in [-0.4, -0.2) is 8.80 Å². The fourth-order valence-electron chi connectivity index (χ4n) is 5.50. The van der Waals surface area contributed by atoms with Gasteiger partial charge in [-0.25, -0.2) is 0 Å². The van der Waals surface area contributed by atoms with Crippen molar-refractivity contribution < 1.29 is 17.7 Å². The fraction of sp³-hybridized carbons (Fsp3) is 0. The topological polar surface area (TPSA) is 61.4 Å². The number of fused-ring (bicyclic) bond motifs is 8. The van der Waals surface area contributed by atoms with Gasteiger partial charge in [-0.1, -0.05) is 36.4 Å². The molecule has 4 heterocycles. The summed E-state index contributed by atoms with van der Waals surface area (Å²) in [4.78, 5) is 0. The molecular formula is C30H16N2O4. The predicted octanol–water partition coefficient (Wildman–Crippen LogP) is 8.61. The summed E-state index contributed by atoms with van der Waals surface area (Å²) in [5.74, 6) is 0. The van der Waals surface area contributed by atoms with Crippen LogP contribution in [0.4, 0.5) is 0 Å². The molecule has 9 aromatic rings. The Morgan fingerprint density at radius 3 is 1.19 bits per heavy atom. The Labute approximate surface area is 201 Å². The van der Waals surface area contributed by atoms with Crippen LogP contribution in [0.3, 0.4) is 0 Å². The maximum Gasteiger partial charge on any atom is 0.155 e. The van der Waals surface area contributed by atoms with E-state index in [0.29, 0.717) is 0 Å². The van der Waals surface area contributed by atoms with E-state index in [9.17, 15) is 0 Å². The van der Waals surface area contributed by atoms with E-state index < -0.39 is 0 Å². The van der Waals surface area contributed by atoms with Gasteiger partial charge >= 0.3 is 0 Å². The fourth-order valence-corrected chi connectivity index (χ4v) is 5.50. The molecule has 0 saturated carbocycles. The van der Waals surface area contributed by atoms with E-state index in [0.717, 1.165) is 77.8 Å². The molecule has 0 unspecified atom stereocenters. The maximum absolute atomic E-state index is 6.42. The molecule has 0 aliphatic carbocycles. The first kappa shape index (κ1) is 18.3. The van der Waals surface area contributed by atoms with Crippen LogP contribution in [0.5, 0.6) is 0 Å². The molecule has 6 nitrogen and oxygen atoms in total. The summed E-state index contributed by atoms with van der Waals surface area (Å²) in [6.07, 6.45) is 0. The molecule has 0 aliphatic rings. The molecule has 170 valence electrons. The average molecular weight is 468 g/mol. The van der Waals surface area contributed by atoms with Crippen molar-refractivity contribution in [1.82, 2.24) is 8.80 Å². The molecule has 36 heavy (non-hydrogen) atoms. The smallest absolute Gasteiger partial charge is 0.155 e. The maximum atomic E-state index is 6.42. The van der Waals surface area contributed by atoms with Crippen molar-refractivity contribution >= 4 is 77.8 Å². The van der Waals surface area contributed by atoms with E-state index in [1.165, 1.54) is 0 Å². The van der Waals surface area contributed by atoms with Gasteiger partial charge in [0.25, 0.3) is 0 Å². The van der Waals surface area contributed by atoms with E-state index in [2.05, 4.69) is 27.0 Å².